The highest BCUT2D eigenvalue weighted by Crippen LogP contribution is 2.31. The van der Waals surface area contributed by atoms with Gasteiger partial charge in [0.15, 0.2) is 16.6 Å². The summed E-state index contributed by atoms with van der Waals surface area (Å²) in [6, 6.07) is -0.700. The molecule has 0 aliphatic heterocycles. The van der Waals surface area contributed by atoms with Crippen molar-refractivity contribution in [3.05, 3.63) is 22.5 Å². The monoisotopic (exact) mass is 533 g/mol. The lowest BCUT2D eigenvalue weighted by Crippen LogP contribution is -2.60. The second kappa shape index (κ2) is 13.0. The van der Waals surface area contributed by atoms with Crippen LogP contribution in [0.15, 0.2) is 22.5 Å². The Balaban J connectivity index is 5.32. The minimum absolute atomic E-state index is 0.379. The first-order chi connectivity index (χ1) is 12.6. The largest absolute Gasteiger partial charge is 0.454 e. The molecule has 0 aliphatic rings. The molecule has 0 aromatic rings. The molecule has 0 amide bonds. The Kier molecular flexibility index (Phi) is 13.7. The average molecular weight is 535 g/mol. The van der Waals surface area contributed by atoms with Crippen molar-refractivity contribution in [3.63, 3.8) is 0 Å². The van der Waals surface area contributed by atoms with Crippen LogP contribution in [0.2, 0.25) is 38.3 Å². The van der Waals surface area contributed by atoms with Crippen molar-refractivity contribution in [1.82, 2.24) is 4.23 Å². The number of halogens is 3. The third-order valence-corrected chi connectivity index (χ3v) is 21.8. The van der Waals surface area contributed by atoms with Crippen molar-refractivity contribution in [2.24, 2.45) is 0 Å². The summed E-state index contributed by atoms with van der Waals surface area (Å²) in [6.45, 7) is 20.8. The Bertz CT molecular complexity index is 508. The molecule has 0 aromatic carbocycles. The fourth-order valence-electron chi connectivity index (χ4n) is 3.66. The molecule has 0 aliphatic carbocycles. The lowest BCUT2D eigenvalue weighted by Gasteiger charge is -2.44. The van der Waals surface area contributed by atoms with Gasteiger partial charge in [0.2, 0.25) is 0 Å². The Morgan fingerprint density at radius 1 is 0.929 bits per heavy atom. The smallest absolute Gasteiger partial charge is 0.341 e. The molecule has 0 aromatic heterocycles. The van der Waals surface area contributed by atoms with E-state index in [2.05, 4.69) is 76.4 Å². The van der Waals surface area contributed by atoms with E-state index in [0.717, 1.165) is 18.5 Å². The highest BCUT2D eigenvalue weighted by atomic mass is 35.8. The van der Waals surface area contributed by atoms with Crippen LogP contribution < -0.4 is 0 Å². The molecule has 0 heterocycles. The van der Waals surface area contributed by atoms with Gasteiger partial charge in [-0.05, 0) is 72.4 Å². The number of hydrogen-bond acceptors (Lipinski definition) is 2. The lowest BCUT2D eigenvalue weighted by atomic mass is 10.4. The summed E-state index contributed by atoms with van der Waals surface area (Å²) in [5.74, 6) is 0. The minimum atomic E-state index is -2.52. The van der Waals surface area contributed by atoms with Crippen molar-refractivity contribution in [1.29, 1.82) is 0 Å². The zero-order chi connectivity index (χ0) is 22.2. The Morgan fingerprint density at radius 2 is 1.39 bits per heavy atom. The van der Waals surface area contributed by atoms with Gasteiger partial charge in [0, 0.05) is 5.67 Å². The van der Waals surface area contributed by atoms with E-state index in [4.69, 9.17) is 37.4 Å². The third-order valence-electron chi connectivity index (χ3n) is 4.88. The van der Waals surface area contributed by atoms with Crippen LogP contribution in [0.5, 0.6) is 0 Å². The van der Waals surface area contributed by atoms with Crippen molar-refractivity contribution >= 4 is 75.2 Å². The first-order valence-electron chi connectivity index (χ1n) is 10.4. The average Bonchev–Trinajstić information content (AvgIpc) is 2.46. The van der Waals surface area contributed by atoms with E-state index in [1.165, 1.54) is 17.6 Å². The quantitative estimate of drug-likeness (QED) is 0.209. The molecule has 28 heavy (non-hydrogen) atoms. The number of hydrogen-bond donors (Lipinski definition) is 0. The molecule has 0 spiro atoms. The zero-order valence-electron chi connectivity index (χ0n) is 19.5. The van der Waals surface area contributed by atoms with Crippen LogP contribution in [0.4, 0.5) is 0 Å². The van der Waals surface area contributed by atoms with Gasteiger partial charge >= 0.3 is 6.00 Å². The summed E-state index contributed by atoms with van der Waals surface area (Å²) in [6.07, 6.45) is 2.16. The first-order valence-corrected chi connectivity index (χ1v) is 24.6. The van der Waals surface area contributed by atoms with Gasteiger partial charge in [-0.2, -0.15) is 0 Å². The molecule has 0 saturated carbocycles. The number of allylic oxidation sites excluding steroid dienone is 2. The number of rotatable bonds is 13. The van der Waals surface area contributed by atoms with Crippen LogP contribution in [-0.2, 0) is 4.12 Å². The standard InChI is InChI=1S/C18H42Cl3NOSi5/c1-10-18(22(24-14-16(2)3)25-15-17(4)5)27(8,9)23-26(6,7)12-11-13-28(19,20)21/h14-15,18H,10-13,24-25H2,1-9H3. The Morgan fingerprint density at radius 3 is 1.75 bits per heavy atom. The van der Waals surface area contributed by atoms with Crippen LogP contribution >= 0.6 is 33.2 Å². The predicted molar refractivity (Wildman–Crippen MR) is 145 cm³/mol. The van der Waals surface area contributed by atoms with Gasteiger partial charge in [-0.25, -0.2) is 0 Å². The molecular formula is C18H42Cl3NOSi5. The molecule has 0 N–H and O–H groups in total. The van der Waals surface area contributed by atoms with E-state index in [1.807, 2.05) is 0 Å². The van der Waals surface area contributed by atoms with Crippen LogP contribution in [0, 0.1) is 0 Å². The fourth-order valence-corrected chi connectivity index (χ4v) is 22.2. The molecule has 1 unspecified atom stereocenters. The fraction of sp³-hybridized carbons (Fsp3) is 0.778. The van der Waals surface area contributed by atoms with E-state index < -0.39 is 22.6 Å². The van der Waals surface area contributed by atoms with Gasteiger partial charge in [-0.3, -0.25) is 0 Å². The van der Waals surface area contributed by atoms with Crippen LogP contribution in [-0.4, -0.2) is 51.9 Å². The van der Waals surface area contributed by atoms with E-state index in [1.54, 1.807) is 0 Å². The van der Waals surface area contributed by atoms with Gasteiger partial charge < -0.3 is 8.35 Å². The summed E-state index contributed by atoms with van der Waals surface area (Å²) in [4.78, 5) is 0. The van der Waals surface area contributed by atoms with Crippen molar-refractivity contribution in [2.75, 3.05) is 0 Å². The van der Waals surface area contributed by atoms with E-state index in [-0.39, 0.29) is 19.4 Å². The highest BCUT2D eigenvalue weighted by molar-refractivity contribution is 7.64. The molecule has 10 heteroatoms. The van der Waals surface area contributed by atoms with Gasteiger partial charge in [0.1, 0.15) is 19.4 Å². The van der Waals surface area contributed by atoms with Gasteiger partial charge in [0.05, 0.1) is 0 Å². The second-order valence-corrected chi connectivity index (χ2v) is 31.4. The van der Waals surface area contributed by atoms with E-state index >= 15 is 0 Å². The topological polar surface area (TPSA) is 12.5 Å². The van der Waals surface area contributed by atoms with Crippen LogP contribution in [0.25, 0.3) is 0 Å². The number of nitrogens with zero attached hydrogens (tertiary/aromatic N) is 1. The lowest BCUT2D eigenvalue weighted by molar-refractivity contribution is 0.458. The summed E-state index contributed by atoms with van der Waals surface area (Å²) in [7, 11) is -4.39. The van der Waals surface area contributed by atoms with Crippen molar-refractivity contribution in [2.45, 2.75) is 91.4 Å². The van der Waals surface area contributed by atoms with Crippen molar-refractivity contribution in [3.8, 4) is 0 Å². The normalized spacial score (nSPS) is 15.0. The van der Waals surface area contributed by atoms with Crippen LogP contribution in [0.1, 0.15) is 47.5 Å². The molecular weight excluding hydrogens is 493 g/mol. The summed E-state index contributed by atoms with van der Waals surface area (Å²) in [5.41, 5.74) is 8.51. The van der Waals surface area contributed by atoms with E-state index in [9.17, 15) is 0 Å². The Labute approximate surface area is 196 Å². The SMILES string of the molecule is CCC(N([SiH2]C=C(C)C)[SiH2]C=C(C)C)[Si](C)(C)O[Si](C)(C)CCC[Si](Cl)(Cl)Cl. The molecule has 0 saturated heterocycles. The maximum atomic E-state index is 7.01. The minimum Gasteiger partial charge on any atom is -0.454 e. The molecule has 2 nitrogen and oxygen atoms in total. The molecule has 0 bridgehead atoms. The predicted octanol–water partition coefficient (Wildman–Crippen LogP) is 6.09. The Hall–Kier alpha value is 1.35. The maximum Gasteiger partial charge on any atom is 0.341 e. The first kappa shape index (κ1) is 29.4. The summed E-state index contributed by atoms with van der Waals surface area (Å²) in [5, 5.41) is 0. The second-order valence-electron chi connectivity index (χ2n) is 9.37. The summed E-state index contributed by atoms with van der Waals surface area (Å²) >= 11 is 18.2. The van der Waals surface area contributed by atoms with Crippen molar-refractivity contribution < 1.29 is 4.12 Å². The zero-order valence-corrected chi connectivity index (χ0v) is 27.6. The van der Waals surface area contributed by atoms with Gasteiger partial charge in [-0.15, -0.1) is 33.2 Å². The van der Waals surface area contributed by atoms with Gasteiger partial charge in [0.25, 0.3) is 0 Å². The molecule has 0 radical (unpaired) electrons. The molecule has 0 fully saturated rings. The molecule has 166 valence electrons. The maximum absolute atomic E-state index is 7.01. The van der Waals surface area contributed by atoms with Crippen LogP contribution in [0.3, 0.4) is 0 Å². The van der Waals surface area contributed by atoms with Gasteiger partial charge in [-0.1, -0.05) is 35.9 Å². The highest BCUT2D eigenvalue weighted by Gasteiger charge is 2.40. The third kappa shape index (κ3) is 13.6. The molecule has 0 rings (SSSR count). The summed E-state index contributed by atoms with van der Waals surface area (Å²) < 4.78 is 9.89. The van der Waals surface area contributed by atoms with E-state index in [0.29, 0.717) is 5.67 Å². The molecule has 1 atom stereocenters.